The van der Waals surface area contributed by atoms with Crippen LogP contribution >= 0.6 is 0 Å². The number of hydrogen-bond donors (Lipinski definition) is 1. The predicted octanol–water partition coefficient (Wildman–Crippen LogP) is 4.96. The second-order valence-electron chi connectivity index (χ2n) is 8.87. The van der Waals surface area contributed by atoms with Crippen LogP contribution in [0.25, 0.3) is 27.9 Å². The molecule has 1 aromatic carbocycles. The van der Waals surface area contributed by atoms with E-state index in [2.05, 4.69) is 61.1 Å². The van der Waals surface area contributed by atoms with E-state index in [0.717, 1.165) is 71.9 Å². The fourth-order valence-corrected chi connectivity index (χ4v) is 4.11. The minimum absolute atomic E-state index is 0.718. The van der Waals surface area contributed by atoms with E-state index in [1.54, 1.807) is 4.68 Å². The highest BCUT2D eigenvalue weighted by atomic mass is 15.3. The highest BCUT2D eigenvalue weighted by Crippen LogP contribution is 2.26. The van der Waals surface area contributed by atoms with E-state index in [4.69, 9.17) is 10.8 Å². The number of rotatable bonds is 7. The standard InChI is InChI=1S/C26H33N5/c1-19(2)5-6-20(3)29-13-15-30(16-14-29)21(4)23-8-7-22-9-10-25(28-26(22)17-23)24-11-12-31(27)18-24/h7-12,17-19H,3-6,13-16,27H2,1-2H3. The first-order chi connectivity index (χ1) is 14.9. The van der Waals surface area contributed by atoms with Crippen molar-refractivity contribution in [2.75, 3.05) is 32.0 Å². The Morgan fingerprint density at radius 3 is 2.42 bits per heavy atom. The van der Waals surface area contributed by atoms with Crippen LogP contribution in [0.3, 0.4) is 0 Å². The number of allylic oxidation sites excluding steroid dienone is 1. The molecule has 31 heavy (non-hydrogen) atoms. The Bertz CT molecular complexity index is 1090. The third-order valence-corrected chi connectivity index (χ3v) is 6.15. The molecule has 5 nitrogen and oxygen atoms in total. The fraction of sp³-hybridized carbons (Fsp3) is 0.346. The Morgan fingerprint density at radius 2 is 1.74 bits per heavy atom. The van der Waals surface area contributed by atoms with Gasteiger partial charge in [-0.2, -0.15) is 0 Å². The van der Waals surface area contributed by atoms with Crippen LogP contribution in [-0.4, -0.2) is 45.6 Å². The predicted molar refractivity (Wildman–Crippen MR) is 131 cm³/mol. The van der Waals surface area contributed by atoms with Crippen LogP contribution in [0.1, 0.15) is 32.3 Å². The molecule has 1 aliphatic heterocycles. The van der Waals surface area contributed by atoms with Crippen molar-refractivity contribution >= 4 is 16.6 Å². The molecule has 3 aromatic rings. The number of pyridine rings is 1. The molecular formula is C26H33N5. The lowest BCUT2D eigenvalue weighted by molar-refractivity contribution is 0.208. The number of piperazine rings is 1. The van der Waals surface area contributed by atoms with Crippen LogP contribution in [-0.2, 0) is 0 Å². The van der Waals surface area contributed by atoms with E-state index in [1.165, 1.54) is 12.1 Å². The van der Waals surface area contributed by atoms with Gasteiger partial charge in [0.25, 0.3) is 0 Å². The smallest absolute Gasteiger partial charge is 0.0725 e. The molecule has 0 unspecified atom stereocenters. The lowest BCUT2D eigenvalue weighted by atomic mass is 10.1. The van der Waals surface area contributed by atoms with Gasteiger partial charge in [-0.15, -0.1) is 0 Å². The highest BCUT2D eigenvalue weighted by molar-refractivity contribution is 5.84. The molecule has 0 saturated carbocycles. The van der Waals surface area contributed by atoms with Crippen molar-refractivity contribution in [2.24, 2.45) is 5.92 Å². The van der Waals surface area contributed by atoms with Crippen molar-refractivity contribution in [2.45, 2.75) is 26.7 Å². The average Bonchev–Trinajstić information content (AvgIpc) is 3.22. The number of nitrogens with two attached hydrogens (primary N) is 1. The van der Waals surface area contributed by atoms with E-state index < -0.39 is 0 Å². The minimum Gasteiger partial charge on any atom is -0.372 e. The Balaban J connectivity index is 1.45. The van der Waals surface area contributed by atoms with Gasteiger partial charge in [0, 0.05) is 60.9 Å². The molecule has 0 atom stereocenters. The normalized spacial score (nSPS) is 14.4. The lowest BCUT2D eigenvalue weighted by Gasteiger charge is -2.39. The summed E-state index contributed by atoms with van der Waals surface area (Å²) < 4.78 is 1.55. The summed E-state index contributed by atoms with van der Waals surface area (Å²) in [5, 5.41) is 1.12. The Hall–Kier alpha value is -3.21. The van der Waals surface area contributed by atoms with Crippen LogP contribution in [0.4, 0.5) is 0 Å². The number of fused-ring (bicyclic) bond motifs is 1. The number of benzene rings is 1. The Kier molecular flexibility index (Phi) is 6.03. The Morgan fingerprint density at radius 1 is 1.03 bits per heavy atom. The maximum Gasteiger partial charge on any atom is 0.0725 e. The summed E-state index contributed by atoms with van der Waals surface area (Å²) in [5.74, 6) is 6.51. The van der Waals surface area contributed by atoms with Crippen LogP contribution < -0.4 is 5.84 Å². The second-order valence-corrected chi connectivity index (χ2v) is 8.87. The van der Waals surface area contributed by atoms with Crippen LogP contribution in [0.5, 0.6) is 0 Å². The van der Waals surface area contributed by atoms with Gasteiger partial charge in [0.15, 0.2) is 0 Å². The van der Waals surface area contributed by atoms with Gasteiger partial charge in [-0.05, 0) is 42.5 Å². The van der Waals surface area contributed by atoms with E-state index in [1.807, 2.05) is 24.5 Å². The largest absolute Gasteiger partial charge is 0.372 e. The monoisotopic (exact) mass is 415 g/mol. The van der Waals surface area contributed by atoms with E-state index in [9.17, 15) is 0 Å². The number of hydrogen-bond acceptors (Lipinski definition) is 4. The lowest BCUT2D eigenvalue weighted by Crippen LogP contribution is -2.44. The van der Waals surface area contributed by atoms with Gasteiger partial charge >= 0.3 is 0 Å². The van der Waals surface area contributed by atoms with Gasteiger partial charge in [-0.3, -0.25) is 4.68 Å². The van der Waals surface area contributed by atoms with Gasteiger partial charge in [0.05, 0.1) is 11.2 Å². The molecule has 1 saturated heterocycles. The fourth-order valence-electron chi connectivity index (χ4n) is 4.11. The van der Waals surface area contributed by atoms with Gasteiger partial charge < -0.3 is 15.6 Å². The number of aromatic nitrogens is 2. The topological polar surface area (TPSA) is 50.3 Å². The van der Waals surface area contributed by atoms with Crippen molar-refractivity contribution in [3.8, 4) is 11.3 Å². The molecular weight excluding hydrogens is 382 g/mol. The summed E-state index contributed by atoms with van der Waals surface area (Å²) in [5.41, 5.74) is 6.38. The molecule has 2 aromatic heterocycles. The molecule has 2 N–H and O–H groups in total. The molecule has 1 aliphatic rings. The van der Waals surface area contributed by atoms with Crippen LogP contribution in [0.15, 0.2) is 67.6 Å². The summed E-state index contributed by atoms with van der Waals surface area (Å²) in [6, 6.07) is 12.6. The maximum atomic E-state index is 5.80. The first-order valence-corrected chi connectivity index (χ1v) is 11.1. The van der Waals surface area contributed by atoms with E-state index in [-0.39, 0.29) is 0 Å². The van der Waals surface area contributed by atoms with Crippen LogP contribution in [0, 0.1) is 5.92 Å². The third kappa shape index (κ3) is 4.76. The van der Waals surface area contributed by atoms with Crippen molar-refractivity contribution in [1.82, 2.24) is 19.5 Å². The zero-order chi connectivity index (χ0) is 22.0. The summed E-state index contributed by atoms with van der Waals surface area (Å²) in [6.45, 7) is 17.2. The van der Waals surface area contributed by atoms with Crippen molar-refractivity contribution in [1.29, 1.82) is 0 Å². The zero-order valence-electron chi connectivity index (χ0n) is 18.7. The molecule has 0 spiro atoms. The third-order valence-electron chi connectivity index (χ3n) is 6.15. The number of nitrogens with zero attached hydrogens (tertiary/aromatic N) is 4. The van der Waals surface area contributed by atoms with E-state index >= 15 is 0 Å². The van der Waals surface area contributed by atoms with Crippen LogP contribution in [0.2, 0.25) is 0 Å². The van der Waals surface area contributed by atoms with E-state index in [0.29, 0.717) is 0 Å². The summed E-state index contributed by atoms with van der Waals surface area (Å²) >= 11 is 0. The molecule has 5 heteroatoms. The quantitative estimate of drug-likeness (QED) is 0.555. The first kappa shape index (κ1) is 21.0. The first-order valence-electron chi connectivity index (χ1n) is 11.1. The highest BCUT2D eigenvalue weighted by Gasteiger charge is 2.20. The zero-order valence-corrected chi connectivity index (χ0v) is 18.7. The molecule has 0 radical (unpaired) electrons. The van der Waals surface area contributed by atoms with Gasteiger partial charge in [-0.1, -0.05) is 45.2 Å². The van der Waals surface area contributed by atoms with Gasteiger partial charge in [0.1, 0.15) is 0 Å². The molecule has 3 heterocycles. The average molecular weight is 416 g/mol. The molecule has 0 bridgehead atoms. The second kappa shape index (κ2) is 8.88. The maximum absolute atomic E-state index is 5.80. The molecule has 4 rings (SSSR count). The molecule has 1 fully saturated rings. The van der Waals surface area contributed by atoms with Gasteiger partial charge in [0.2, 0.25) is 0 Å². The van der Waals surface area contributed by atoms with Gasteiger partial charge in [-0.25, -0.2) is 4.98 Å². The summed E-state index contributed by atoms with van der Waals surface area (Å²) in [7, 11) is 0. The minimum atomic E-state index is 0.718. The summed E-state index contributed by atoms with van der Waals surface area (Å²) in [6.07, 6.45) is 6.00. The molecule has 0 aliphatic carbocycles. The Labute approximate surface area is 185 Å². The number of nitrogen functional groups attached to an aromatic ring is 1. The van der Waals surface area contributed by atoms with Crippen molar-refractivity contribution in [3.63, 3.8) is 0 Å². The summed E-state index contributed by atoms with van der Waals surface area (Å²) in [4.78, 5) is 9.68. The molecule has 162 valence electrons. The SMILES string of the molecule is C=C(CCC(C)C)N1CCN(C(=C)c2ccc3ccc(-c4ccn(N)c4)nc3c2)CC1. The van der Waals surface area contributed by atoms with Crippen molar-refractivity contribution in [3.05, 3.63) is 73.2 Å². The molecule has 0 amide bonds. The van der Waals surface area contributed by atoms with Crippen molar-refractivity contribution < 1.29 is 0 Å².